The smallest absolute Gasteiger partial charge is 0.306 e. The average Bonchev–Trinajstić information content (AvgIpc) is 2.84. The molecule has 1 unspecified atom stereocenters. The zero-order valence-electron chi connectivity index (χ0n) is 23.1. The normalized spacial score (nSPS) is 12.2. The van der Waals surface area contributed by atoms with Crippen molar-refractivity contribution >= 4 is 5.97 Å². The Hall–Kier alpha value is -0.610. The Balaban J connectivity index is 3.28. The van der Waals surface area contributed by atoms with Gasteiger partial charge in [0.15, 0.2) is 0 Å². The molecule has 0 amide bonds. The van der Waals surface area contributed by atoms with E-state index in [0.29, 0.717) is 19.6 Å². The second kappa shape index (κ2) is 28.6. The van der Waals surface area contributed by atoms with E-state index >= 15 is 0 Å². The minimum atomic E-state index is -0.519. The van der Waals surface area contributed by atoms with Crippen LogP contribution in [0.15, 0.2) is 0 Å². The van der Waals surface area contributed by atoms with E-state index in [9.17, 15) is 9.90 Å². The maximum atomic E-state index is 11.8. The maximum Gasteiger partial charge on any atom is 0.306 e. The standard InChI is InChI=1S/C30H60O4/c1-3-5-7-9-10-11-12-13-14-15-16-17-18-19-20-21-22-24-26-33-28-29(27-31)34-30(32)25-23-8-6-4-2/h29,31H,3-28H2,1-2H3. The van der Waals surface area contributed by atoms with Gasteiger partial charge in [0.1, 0.15) is 6.10 Å². The van der Waals surface area contributed by atoms with Crippen LogP contribution in [-0.2, 0) is 14.3 Å². The Morgan fingerprint density at radius 2 is 0.971 bits per heavy atom. The van der Waals surface area contributed by atoms with Gasteiger partial charge in [0, 0.05) is 13.0 Å². The summed E-state index contributed by atoms with van der Waals surface area (Å²) >= 11 is 0. The molecule has 4 heteroatoms. The first kappa shape index (κ1) is 33.4. The summed E-state index contributed by atoms with van der Waals surface area (Å²) in [4.78, 5) is 11.8. The summed E-state index contributed by atoms with van der Waals surface area (Å²) in [5.74, 6) is -0.216. The first-order valence-electron chi connectivity index (χ1n) is 15.1. The molecule has 0 radical (unpaired) electrons. The lowest BCUT2D eigenvalue weighted by molar-refractivity contribution is -0.154. The number of aliphatic hydroxyl groups is 1. The number of hydrogen-bond acceptors (Lipinski definition) is 4. The van der Waals surface area contributed by atoms with Gasteiger partial charge < -0.3 is 14.6 Å². The van der Waals surface area contributed by atoms with Crippen molar-refractivity contribution in [2.45, 2.75) is 168 Å². The van der Waals surface area contributed by atoms with Gasteiger partial charge in [-0.2, -0.15) is 0 Å². The highest BCUT2D eigenvalue weighted by molar-refractivity contribution is 5.69. The lowest BCUT2D eigenvalue weighted by Gasteiger charge is -2.15. The van der Waals surface area contributed by atoms with E-state index in [0.717, 1.165) is 32.1 Å². The van der Waals surface area contributed by atoms with Crippen molar-refractivity contribution in [2.24, 2.45) is 0 Å². The predicted molar refractivity (Wildman–Crippen MR) is 145 cm³/mol. The Kier molecular flexibility index (Phi) is 28.1. The molecule has 0 aromatic rings. The van der Waals surface area contributed by atoms with Crippen molar-refractivity contribution in [3.8, 4) is 0 Å². The molecule has 0 aromatic heterocycles. The first-order chi connectivity index (χ1) is 16.7. The van der Waals surface area contributed by atoms with Gasteiger partial charge >= 0.3 is 5.97 Å². The van der Waals surface area contributed by atoms with Crippen LogP contribution in [-0.4, -0.2) is 37.0 Å². The summed E-state index contributed by atoms with van der Waals surface area (Å²) in [5, 5.41) is 9.39. The molecule has 1 N–H and O–H groups in total. The van der Waals surface area contributed by atoms with Gasteiger partial charge in [-0.05, 0) is 12.8 Å². The molecule has 0 aliphatic rings. The summed E-state index contributed by atoms with van der Waals surface area (Å²) in [6, 6.07) is 0. The van der Waals surface area contributed by atoms with Crippen molar-refractivity contribution in [1.82, 2.24) is 0 Å². The van der Waals surface area contributed by atoms with Crippen LogP contribution >= 0.6 is 0 Å². The van der Waals surface area contributed by atoms with Gasteiger partial charge in [-0.25, -0.2) is 0 Å². The minimum Gasteiger partial charge on any atom is -0.457 e. The molecule has 0 fully saturated rings. The number of unbranched alkanes of at least 4 members (excludes halogenated alkanes) is 20. The van der Waals surface area contributed by atoms with E-state index in [1.807, 2.05) is 0 Å². The third kappa shape index (κ3) is 26.0. The lowest BCUT2D eigenvalue weighted by Crippen LogP contribution is -2.27. The SMILES string of the molecule is CCCCCCCCCCCCCCCCCCCCOCC(CO)OC(=O)CCCCCC. The molecule has 0 aliphatic carbocycles. The molecule has 0 aromatic carbocycles. The van der Waals surface area contributed by atoms with E-state index in [2.05, 4.69) is 13.8 Å². The quantitative estimate of drug-likeness (QED) is 0.0889. The van der Waals surface area contributed by atoms with Crippen molar-refractivity contribution in [2.75, 3.05) is 19.8 Å². The molecular weight excluding hydrogens is 424 g/mol. The number of esters is 1. The van der Waals surface area contributed by atoms with Crippen LogP contribution in [0.1, 0.15) is 162 Å². The van der Waals surface area contributed by atoms with Gasteiger partial charge in [0.2, 0.25) is 0 Å². The summed E-state index contributed by atoms with van der Waals surface area (Å²) < 4.78 is 10.9. The summed E-state index contributed by atoms with van der Waals surface area (Å²) in [6.07, 6.45) is 28.9. The van der Waals surface area contributed by atoms with Gasteiger partial charge in [0.05, 0.1) is 13.2 Å². The largest absolute Gasteiger partial charge is 0.457 e. The van der Waals surface area contributed by atoms with Crippen LogP contribution in [0.5, 0.6) is 0 Å². The highest BCUT2D eigenvalue weighted by Crippen LogP contribution is 2.14. The molecule has 0 spiro atoms. The van der Waals surface area contributed by atoms with Gasteiger partial charge in [-0.1, -0.05) is 142 Å². The molecule has 4 nitrogen and oxygen atoms in total. The monoisotopic (exact) mass is 484 g/mol. The van der Waals surface area contributed by atoms with Crippen molar-refractivity contribution in [3.05, 3.63) is 0 Å². The Labute approximate surface area is 213 Å². The molecule has 204 valence electrons. The summed E-state index contributed by atoms with van der Waals surface area (Å²) in [5.41, 5.74) is 0. The van der Waals surface area contributed by atoms with Crippen LogP contribution in [0.25, 0.3) is 0 Å². The third-order valence-corrected chi connectivity index (χ3v) is 6.68. The molecular formula is C30H60O4. The highest BCUT2D eigenvalue weighted by Gasteiger charge is 2.13. The number of carbonyl (C=O) groups is 1. The fraction of sp³-hybridized carbons (Fsp3) is 0.967. The Bertz CT molecular complexity index is 399. The van der Waals surface area contributed by atoms with Crippen molar-refractivity contribution in [3.63, 3.8) is 0 Å². The zero-order valence-corrected chi connectivity index (χ0v) is 23.1. The third-order valence-electron chi connectivity index (χ3n) is 6.68. The van der Waals surface area contributed by atoms with E-state index < -0.39 is 6.10 Å². The first-order valence-corrected chi connectivity index (χ1v) is 15.1. The number of ether oxygens (including phenoxy) is 2. The Morgan fingerprint density at radius 1 is 0.588 bits per heavy atom. The second-order valence-corrected chi connectivity index (χ2v) is 10.2. The number of carbonyl (C=O) groups excluding carboxylic acids is 1. The summed E-state index contributed by atoms with van der Waals surface area (Å²) in [7, 11) is 0. The van der Waals surface area contributed by atoms with Crippen LogP contribution in [0.2, 0.25) is 0 Å². The van der Waals surface area contributed by atoms with Gasteiger partial charge in [0.25, 0.3) is 0 Å². The zero-order chi connectivity index (χ0) is 25.0. The van der Waals surface area contributed by atoms with Crippen molar-refractivity contribution < 1.29 is 19.4 Å². The highest BCUT2D eigenvalue weighted by atomic mass is 16.6. The average molecular weight is 485 g/mol. The lowest BCUT2D eigenvalue weighted by atomic mass is 10.0. The molecule has 0 saturated heterocycles. The van der Waals surface area contributed by atoms with Gasteiger partial charge in [-0.3, -0.25) is 4.79 Å². The molecule has 0 rings (SSSR count). The number of hydrogen-bond donors (Lipinski definition) is 1. The molecule has 0 heterocycles. The van der Waals surface area contributed by atoms with E-state index in [4.69, 9.17) is 9.47 Å². The second-order valence-electron chi connectivity index (χ2n) is 10.2. The molecule has 1 atom stereocenters. The van der Waals surface area contributed by atoms with Gasteiger partial charge in [-0.15, -0.1) is 0 Å². The summed E-state index contributed by atoms with van der Waals surface area (Å²) in [6.45, 7) is 5.25. The van der Waals surface area contributed by atoms with E-state index in [1.165, 1.54) is 109 Å². The minimum absolute atomic E-state index is 0.167. The molecule has 0 saturated carbocycles. The number of aliphatic hydroxyl groups excluding tert-OH is 1. The molecule has 0 bridgehead atoms. The van der Waals surface area contributed by atoms with E-state index in [-0.39, 0.29) is 12.6 Å². The van der Waals surface area contributed by atoms with Crippen LogP contribution in [0.3, 0.4) is 0 Å². The molecule has 0 aliphatic heterocycles. The van der Waals surface area contributed by atoms with Crippen LogP contribution in [0.4, 0.5) is 0 Å². The Morgan fingerprint density at radius 3 is 1.38 bits per heavy atom. The van der Waals surface area contributed by atoms with Crippen molar-refractivity contribution in [1.29, 1.82) is 0 Å². The fourth-order valence-electron chi connectivity index (χ4n) is 4.39. The molecule has 34 heavy (non-hydrogen) atoms. The van der Waals surface area contributed by atoms with Crippen LogP contribution in [0, 0.1) is 0 Å². The van der Waals surface area contributed by atoms with Crippen LogP contribution < -0.4 is 0 Å². The fourth-order valence-corrected chi connectivity index (χ4v) is 4.39. The number of rotatable bonds is 28. The maximum absolute atomic E-state index is 11.8. The predicted octanol–water partition coefficient (Wildman–Crippen LogP) is 8.92. The topological polar surface area (TPSA) is 55.8 Å². The van der Waals surface area contributed by atoms with E-state index in [1.54, 1.807) is 0 Å².